The second kappa shape index (κ2) is 3.13. The molecular weight excluding hydrogens is 216 g/mol. The van der Waals surface area contributed by atoms with Crippen molar-refractivity contribution >= 4 is 11.6 Å². The summed E-state index contributed by atoms with van der Waals surface area (Å²) in [5.41, 5.74) is 2.38. The second-order valence-electron chi connectivity index (χ2n) is 4.14. The quantitative estimate of drug-likeness (QED) is 0.583. The number of hydrogen-bond acceptors (Lipinski definition) is 3. The van der Waals surface area contributed by atoms with Crippen LogP contribution in [0.5, 0.6) is 0 Å². The van der Waals surface area contributed by atoms with Crippen LogP contribution in [0.15, 0.2) is 24.3 Å². The minimum absolute atomic E-state index is 0.110. The summed E-state index contributed by atoms with van der Waals surface area (Å²) in [6.07, 6.45) is 0. The van der Waals surface area contributed by atoms with E-state index in [1.807, 2.05) is 0 Å². The summed E-state index contributed by atoms with van der Waals surface area (Å²) in [6, 6.07) is 6.89. The summed E-state index contributed by atoms with van der Waals surface area (Å²) < 4.78 is 1.49. The number of carbonyl (C=O) groups excluding carboxylic acids is 2. The van der Waals surface area contributed by atoms with E-state index in [4.69, 9.17) is 0 Å². The zero-order chi connectivity index (χ0) is 12.2. The fourth-order valence-electron chi connectivity index (χ4n) is 2.33. The molecule has 1 aromatic carbocycles. The van der Waals surface area contributed by atoms with Gasteiger partial charge in [0.2, 0.25) is 5.78 Å². The van der Waals surface area contributed by atoms with E-state index in [1.165, 1.54) is 4.68 Å². The van der Waals surface area contributed by atoms with E-state index in [9.17, 15) is 9.59 Å². The molecule has 1 aromatic heterocycles. The maximum atomic E-state index is 12.3. The van der Waals surface area contributed by atoms with Gasteiger partial charge < -0.3 is 0 Å². The summed E-state index contributed by atoms with van der Waals surface area (Å²) >= 11 is 0. The van der Waals surface area contributed by atoms with Gasteiger partial charge in [0.1, 0.15) is 5.69 Å². The van der Waals surface area contributed by atoms with Crippen molar-refractivity contribution in [3.05, 3.63) is 52.3 Å². The zero-order valence-corrected chi connectivity index (χ0v) is 9.52. The van der Waals surface area contributed by atoms with E-state index < -0.39 is 0 Å². The van der Waals surface area contributed by atoms with Gasteiger partial charge in [0, 0.05) is 18.2 Å². The van der Waals surface area contributed by atoms with Gasteiger partial charge in [0.05, 0.1) is 11.3 Å². The average Bonchev–Trinajstić information content (AvgIpc) is 2.62. The van der Waals surface area contributed by atoms with Gasteiger partial charge >= 0.3 is 0 Å². The molecule has 3 rings (SSSR count). The molecule has 0 radical (unpaired) electrons. The van der Waals surface area contributed by atoms with Gasteiger partial charge in [0.15, 0.2) is 5.78 Å². The highest BCUT2D eigenvalue weighted by Gasteiger charge is 2.34. The minimum atomic E-state index is -0.127. The van der Waals surface area contributed by atoms with Crippen molar-refractivity contribution in [3.8, 4) is 0 Å². The Morgan fingerprint density at radius 2 is 1.65 bits per heavy atom. The average molecular weight is 226 g/mol. The van der Waals surface area contributed by atoms with Gasteiger partial charge in [-0.15, -0.1) is 0 Å². The van der Waals surface area contributed by atoms with Gasteiger partial charge in [-0.2, -0.15) is 5.10 Å². The Morgan fingerprint density at radius 3 is 2.29 bits per heavy atom. The van der Waals surface area contributed by atoms with E-state index in [1.54, 1.807) is 38.2 Å². The molecule has 0 fully saturated rings. The van der Waals surface area contributed by atoms with E-state index >= 15 is 0 Å². The topological polar surface area (TPSA) is 52.0 Å². The molecule has 84 valence electrons. The van der Waals surface area contributed by atoms with Crippen LogP contribution in [-0.4, -0.2) is 21.3 Å². The highest BCUT2D eigenvalue weighted by atomic mass is 16.1. The Kier molecular flexibility index (Phi) is 1.84. The van der Waals surface area contributed by atoms with Crippen LogP contribution in [-0.2, 0) is 7.05 Å². The third kappa shape index (κ3) is 1.15. The molecule has 0 N–H and O–H groups in total. The molecular formula is C13H10N2O2. The standard InChI is InChI=1S/C13H10N2O2/c1-7-10-11(15(2)14-7)13(17)9-6-4-3-5-8(9)12(10)16/h3-6H,1-2H3. The van der Waals surface area contributed by atoms with Crippen LogP contribution < -0.4 is 0 Å². The molecule has 0 atom stereocenters. The number of nitrogens with zero attached hydrogens (tertiary/aromatic N) is 2. The summed E-state index contributed by atoms with van der Waals surface area (Å²) in [5.74, 6) is -0.237. The SMILES string of the molecule is Cc1nn(C)c2c1C(=O)c1ccccc1C2=O. The van der Waals surface area contributed by atoms with E-state index in [0.717, 1.165) is 0 Å². The number of fused-ring (bicyclic) bond motifs is 2. The number of aromatic nitrogens is 2. The maximum absolute atomic E-state index is 12.3. The normalized spacial score (nSPS) is 13.5. The highest BCUT2D eigenvalue weighted by molar-refractivity contribution is 6.28. The molecule has 0 spiro atoms. The van der Waals surface area contributed by atoms with Crippen molar-refractivity contribution in [2.45, 2.75) is 6.92 Å². The molecule has 4 nitrogen and oxygen atoms in total. The monoisotopic (exact) mass is 226 g/mol. The third-order valence-electron chi connectivity index (χ3n) is 3.08. The van der Waals surface area contributed by atoms with Gasteiger partial charge in [-0.25, -0.2) is 0 Å². The molecule has 0 bridgehead atoms. The fraction of sp³-hybridized carbons (Fsp3) is 0.154. The first-order valence-corrected chi connectivity index (χ1v) is 5.33. The number of rotatable bonds is 0. The molecule has 1 heterocycles. The first kappa shape index (κ1) is 9.96. The van der Waals surface area contributed by atoms with Crippen LogP contribution in [0.25, 0.3) is 0 Å². The predicted octanol–water partition coefficient (Wildman–Crippen LogP) is 1.50. The van der Waals surface area contributed by atoms with Crippen molar-refractivity contribution in [3.63, 3.8) is 0 Å². The largest absolute Gasteiger partial charge is 0.288 e. The summed E-state index contributed by atoms with van der Waals surface area (Å²) in [4.78, 5) is 24.6. The molecule has 0 aliphatic heterocycles. The number of ketones is 2. The predicted molar refractivity (Wildman–Crippen MR) is 61.3 cm³/mol. The molecule has 0 unspecified atom stereocenters. The fourth-order valence-corrected chi connectivity index (χ4v) is 2.33. The van der Waals surface area contributed by atoms with Crippen LogP contribution in [0.3, 0.4) is 0 Å². The summed E-state index contributed by atoms with van der Waals surface area (Å²) in [5, 5.41) is 4.15. The van der Waals surface area contributed by atoms with Crippen LogP contribution in [0.4, 0.5) is 0 Å². The lowest BCUT2D eigenvalue weighted by Gasteiger charge is -2.14. The van der Waals surface area contributed by atoms with Crippen molar-refractivity contribution in [1.82, 2.24) is 9.78 Å². The number of benzene rings is 1. The van der Waals surface area contributed by atoms with Crippen LogP contribution in [0.2, 0.25) is 0 Å². The van der Waals surface area contributed by atoms with Crippen molar-refractivity contribution in [2.75, 3.05) is 0 Å². The Morgan fingerprint density at radius 1 is 1.06 bits per heavy atom. The third-order valence-corrected chi connectivity index (χ3v) is 3.08. The van der Waals surface area contributed by atoms with Gasteiger partial charge in [-0.3, -0.25) is 14.3 Å². The summed E-state index contributed by atoms with van der Waals surface area (Å²) in [7, 11) is 1.69. The second-order valence-corrected chi connectivity index (χ2v) is 4.14. The lowest BCUT2D eigenvalue weighted by atomic mass is 9.87. The van der Waals surface area contributed by atoms with Gasteiger partial charge in [0.25, 0.3) is 0 Å². The first-order valence-electron chi connectivity index (χ1n) is 5.33. The van der Waals surface area contributed by atoms with Crippen molar-refractivity contribution in [2.24, 2.45) is 7.05 Å². The van der Waals surface area contributed by atoms with Crippen molar-refractivity contribution < 1.29 is 9.59 Å². The number of aryl methyl sites for hydroxylation is 2. The maximum Gasteiger partial charge on any atom is 0.212 e. The molecule has 17 heavy (non-hydrogen) atoms. The van der Waals surface area contributed by atoms with Crippen LogP contribution in [0.1, 0.15) is 37.7 Å². The lowest BCUT2D eigenvalue weighted by Crippen LogP contribution is -2.22. The van der Waals surface area contributed by atoms with E-state index in [0.29, 0.717) is 28.1 Å². The number of carbonyl (C=O) groups is 2. The summed E-state index contributed by atoms with van der Waals surface area (Å²) in [6.45, 7) is 1.75. The molecule has 0 amide bonds. The van der Waals surface area contributed by atoms with Gasteiger partial charge in [-0.1, -0.05) is 24.3 Å². The van der Waals surface area contributed by atoms with E-state index in [2.05, 4.69) is 5.10 Å². The van der Waals surface area contributed by atoms with Gasteiger partial charge in [-0.05, 0) is 6.92 Å². The molecule has 0 saturated heterocycles. The number of hydrogen-bond donors (Lipinski definition) is 0. The molecule has 0 saturated carbocycles. The molecule has 1 aliphatic rings. The van der Waals surface area contributed by atoms with Crippen LogP contribution >= 0.6 is 0 Å². The first-order chi connectivity index (χ1) is 8.11. The van der Waals surface area contributed by atoms with E-state index in [-0.39, 0.29) is 11.6 Å². The van der Waals surface area contributed by atoms with Crippen LogP contribution in [0, 0.1) is 6.92 Å². The molecule has 2 aromatic rings. The smallest absolute Gasteiger partial charge is 0.212 e. The molecule has 1 aliphatic carbocycles. The Balaban J connectivity index is 2.39. The Labute approximate surface area is 97.9 Å². The molecule has 4 heteroatoms. The lowest BCUT2D eigenvalue weighted by molar-refractivity contribution is 0.0973. The van der Waals surface area contributed by atoms with Crippen molar-refractivity contribution in [1.29, 1.82) is 0 Å². The Hall–Kier alpha value is -2.23. The Bertz CT molecular complexity index is 613. The zero-order valence-electron chi connectivity index (χ0n) is 9.52. The minimum Gasteiger partial charge on any atom is -0.288 e. The highest BCUT2D eigenvalue weighted by Crippen LogP contribution is 2.28.